The van der Waals surface area contributed by atoms with Crippen LogP contribution in [0.4, 0.5) is 4.79 Å². The summed E-state index contributed by atoms with van der Waals surface area (Å²) >= 11 is 1.79. The summed E-state index contributed by atoms with van der Waals surface area (Å²) in [5.41, 5.74) is 0.883. The zero-order valence-electron chi connectivity index (χ0n) is 14.2. The second-order valence-electron chi connectivity index (χ2n) is 7.18. The molecule has 1 aromatic rings. The number of amides is 1. The number of carbonyl (C=O) groups excluding carboxylic acids is 1. The van der Waals surface area contributed by atoms with Crippen LogP contribution in [0, 0.1) is 12.8 Å². The molecule has 0 saturated heterocycles. The van der Waals surface area contributed by atoms with Gasteiger partial charge in [0.15, 0.2) is 0 Å². The molecule has 0 aromatic carbocycles. The molecule has 1 amide bonds. The lowest BCUT2D eigenvalue weighted by Crippen LogP contribution is -2.44. The Morgan fingerprint density at radius 2 is 2.14 bits per heavy atom. The highest BCUT2D eigenvalue weighted by atomic mass is 32.1. The first-order valence-electron chi connectivity index (χ1n) is 8.03. The minimum absolute atomic E-state index is 0.309. The quantitative estimate of drug-likeness (QED) is 0.831. The van der Waals surface area contributed by atoms with Crippen LogP contribution < -0.4 is 10.6 Å². The Hall–Kier alpha value is -1.07. The summed E-state index contributed by atoms with van der Waals surface area (Å²) in [6, 6.07) is 2.78. The van der Waals surface area contributed by atoms with Crippen molar-refractivity contribution in [1.29, 1.82) is 0 Å². The topological polar surface area (TPSA) is 50.4 Å². The van der Waals surface area contributed by atoms with E-state index in [4.69, 9.17) is 4.74 Å². The average molecular weight is 324 g/mol. The van der Waals surface area contributed by atoms with E-state index in [1.807, 2.05) is 20.8 Å². The van der Waals surface area contributed by atoms with Crippen molar-refractivity contribution in [3.63, 3.8) is 0 Å². The molecular formula is C17H28N2O2S. The molecule has 2 atom stereocenters. The summed E-state index contributed by atoms with van der Waals surface area (Å²) in [7, 11) is 0. The third-order valence-electron chi connectivity index (χ3n) is 3.82. The van der Waals surface area contributed by atoms with Gasteiger partial charge in [0.1, 0.15) is 5.60 Å². The predicted octanol–water partition coefficient (Wildman–Crippen LogP) is 4.01. The molecule has 1 aliphatic carbocycles. The van der Waals surface area contributed by atoms with E-state index in [2.05, 4.69) is 35.9 Å². The largest absolute Gasteiger partial charge is 0.444 e. The van der Waals surface area contributed by atoms with Crippen LogP contribution in [-0.4, -0.2) is 24.3 Å². The van der Waals surface area contributed by atoms with Gasteiger partial charge in [0.25, 0.3) is 0 Å². The van der Waals surface area contributed by atoms with E-state index < -0.39 is 5.60 Å². The number of hydrogen-bond acceptors (Lipinski definition) is 4. The highest BCUT2D eigenvalue weighted by Gasteiger charge is 2.33. The van der Waals surface area contributed by atoms with Crippen molar-refractivity contribution in [1.82, 2.24) is 10.6 Å². The fraction of sp³-hybridized carbons (Fsp3) is 0.706. The highest BCUT2D eigenvalue weighted by molar-refractivity contribution is 7.10. The van der Waals surface area contributed by atoms with Gasteiger partial charge in [0.05, 0.1) is 0 Å². The summed E-state index contributed by atoms with van der Waals surface area (Å²) in [4.78, 5) is 13.2. The van der Waals surface area contributed by atoms with Crippen LogP contribution in [-0.2, 0) is 4.74 Å². The molecule has 1 heterocycles. The highest BCUT2D eigenvalue weighted by Crippen LogP contribution is 2.34. The van der Waals surface area contributed by atoms with Gasteiger partial charge in [-0.1, -0.05) is 0 Å². The molecule has 1 aliphatic rings. The van der Waals surface area contributed by atoms with Crippen LogP contribution in [0.15, 0.2) is 11.4 Å². The molecule has 124 valence electrons. The van der Waals surface area contributed by atoms with Gasteiger partial charge in [0.2, 0.25) is 0 Å². The Morgan fingerprint density at radius 1 is 1.45 bits per heavy atom. The van der Waals surface area contributed by atoms with Crippen molar-refractivity contribution in [3.8, 4) is 0 Å². The Balaban J connectivity index is 1.86. The molecule has 2 N–H and O–H groups in total. The number of hydrogen-bond donors (Lipinski definition) is 2. The molecule has 0 spiro atoms. The maximum absolute atomic E-state index is 11.8. The SMILES string of the molecule is Cc1ccsc1C(C)NC(CNC(=O)OC(C)(C)C)C1CC1. The van der Waals surface area contributed by atoms with Crippen molar-refractivity contribution < 1.29 is 9.53 Å². The first-order valence-corrected chi connectivity index (χ1v) is 8.91. The molecular weight excluding hydrogens is 296 g/mol. The Labute approximate surface area is 137 Å². The molecule has 0 aliphatic heterocycles. The van der Waals surface area contributed by atoms with E-state index in [1.54, 1.807) is 11.3 Å². The van der Waals surface area contributed by atoms with Crippen LogP contribution in [0.5, 0.6) is 0 Å². The number of rotatable bonds is 6. The lowest BCUT2D eigenvalue weighted by Gasteiger charge is -2.25. The maximum Gasteiger partial charge on any atom is 0.407 e. The Bertz CT molecular complexity index is 503. The summed E-state index contributed by atoms with van der Waals surface area (Å²) in [5, 5.41) is 8.72. The normalized spacial score (nSPS) is 17.9. The molecule has 1 aromatic heterocycles. The zero-order valence-corrected chi connectivity index (χ0v) is 15.0. The van der Waals surface area contributed by atoms with Crippen molar-refractivity contribution in [3.05, 3.63) is 21.9 Å². The van der Waals surface area contributed by atoms with Crippen LogP contribution in [0.2, 0.25) is 0 Å². The van der Waals surface area contributed by atoms with Gasteiger partial charge in [-0.15, -0.1) is 11.3 Å². The number of thiophene rings is 1. The molecule has 1 saturated carbocycles. The minimum Gasteiger partial charge on any atom is -0.444 e. The fourth-order valence-corrected chi connectivity index (χ4v) is 3.54. The third kappa shape index (κ3) is 5.29. The van der Waals surface area contributed by atoms with E-state index in [0.717, 1.165) is 0 Å². The van der Waals surface area contributed by atoms with Gasteiger partial charge in [-0.3, -0.25) is 0 Å². The molecule has 2 rings (SSSR count). The smallest absolute Gasteiger partial charge is 0.407 e. The maximum atomic E-state index is 11.8. The Kier molecular flexibility index (Phi) is 5.50. The molecule has 22 heavy (non-hydrogen) atoms. The second kappa shape index (κ2) is 7.01. The summed E-state index contributed by atoms with van der Waals surface area (Å²) in [6.45, 7) is 10.6. The lowest BCUT2D eigenvalue weighted by molar-refractivity contribution is 0.0520. The van der Waals surface area contributed by atoms with Crippen LogP contribution >= 0.6 is 11.3 Å². The van der Waals surface area contributed by atoms with E-state index in [9.17, 15) is 4.79 Å². The van der Waals surface area contributed by atoms with Crippen LogP contribution in [0.3, 0.4) is 0 Å². The minimum atomic E-state index is -0.450. The van der Waals surface area contributed by atoms with E-state index in [1.165, 1.54) is 23.3 Å². The van der Waals surface area contributed by atoms with Gasteiger partial charge in [-0.25, -0.2) is 4.79 Å². The standard InChI is InChI=1S/C17H28N2O2S/c1-11-8-9-22-15(11)12(2)19-14(13-6-7-13)10-18-16(20)21-17(3,4)5/h8-9,12-14,19H,6-7,10H2,1-5H3,(H,18,20). The van der Waals surface area contributed by atoms with Gasteiger partial charge >= 0.3 is 6.09 Å². The first-order chi connectivity index (χ1) is 10.3. The fourth-order valence-electron chi connectivity index (χ4n) is 2.59. The molecule has 0 radical (unpaired) electrons. The summed E-state index contributed by atoms with van der Waals surface area (Å²) in [5.74, 6) is 0.664. The van der Waals surface area contributed by atoms with Crippen molar-refractivity contribution in [2.24, 2.45) is 5.92 Å². The molecule has 1 fully saturated rings. The van der Waals surface area contributed by atoms with E-state index in [-0.39, 0.29) is 6.09 Å². The monoisotopic (exact) mass is 324 g/mol. The van der Waals surface area contributed by atoms with Crippen LogP contribution in [0.1, 0.15) is 57.0 Å². The van der Waals surface area contributed by atoms with Crippen LogP contribution in [0.25, 0.3) is 0 Å². The van der Waals surface area contributed by atoms with Gasteiger partial charge in [-0.2, -0.15) is 0 Å². The van der Waals surface area contributed by atoms with Crippen molar-refractivity contribution in [2.45, 2.75) is 65.1 Å². The van der Waals surface area contributed by atoms with E-state index in [0.29, 0.717) is 24.5 Å². The number of ether oxygens (including phenoxy) is 1. The van der Waals surface area contributed by atoms with Gasteiger partial charge in [0, 0.05) is 23.5 Å². The van der Waals surface area contributed by atoms with Crippen molar-refractivity contribution >= 4 is 17.4 Å². The summed E-state index contributed by atoms with van der Waals surface area (Å²) in [6.07, 6.45) is 2.15. The predicted molar refractivity (Wildman–Crippen MR) is 91.4 cm³/mol. The zero-order chi connectivity index (χ0) is 16.3. The first kappa shape index (κ1) is 17.3. The van der Waals surface area contributed by atoms with Gasteiger partial charge in [-0.05, 0) is 70.4 Å². The molecule has 0 bridgehead atoms. The number of nitrogens with one attached hydrogen (secondary N) is 2. The molecule has 2 unspecified atom stereocenters. The molecule has 5 heteroatoms. The number of alkyl carbamates (subject to hydrolysis) is 1. The second-order valence-corrected chi connectivity index (χ2v) is 8.13. The van der Waals surface area contributed by atoms with E-state index >= 15 is 0 Å². The average Bonchev–Trinajstić information content (AvgIpc) is 3.14. The number of aryl methyl sites for hydroxylation is 1. The van der Waals surface area contributed by atoms with Gasteiger partial charge < -0.3 is 15.4 Å². The molecule has 4 nitrogen and oxygen atoms in total. The number of carbonyl (C=O) groups is 1. The summed E-state index contributed by atoms with van der Waals surface area (Å²) < 4.78 is 5.31. The Morgan fingerprint density at radius 3 is 2.64 bits per heavy atom. The lowest BCUT2D eigenvalue weighted by atomic mass is 10.1. The third-order valence-corrected chi connectivity index (χ3v) is 5.02. The van der Waals surface area contributed by atoms with Crippen molar-refractivity contribution in [2.75, 3.05) is 6.54 Å².